The summed E-state index contributed by atoms with van der Waals surface area (Å²) in [5, 5.41) is 8.91. The molecule has 22 heavy (non-hydrogen) atoms. The van der Waals surface area contributed by atoms with Crippen molar-refractivity contribution in [2.75, 3.05) is 6.54 Å². The molecular weight excluding hydrogens is 302 g/mol. The Bertz CT molecular complexity index is 654. The molecule has 1 unspecified atom stereocenters. The Kier molecular flexibility index (Phi) is 4.43. The van der Waals surface area contributed by atoms with E-state index in [1.165, 1.54) is 0 Å². The second-order valence-corrected chi connectivity index (χ2v) is 5.88. The van der Waals surface area contributed by atoms with Crippen LogP contribution in [0, 0.1) is 0 Å². The van der Waals surface area contributed by atoms with Crippen LogP contribution in [0.5, 0.6) is 0 Å². The molecule has 1 aromatic carbocycles. The number of likely N-dealkylation sites (tertiary alicyclic amines) is 1. The fourth-order valence-corrected chi connectivity index (χ4v) is 2.88. The smallest absolute Gasteiger partial charge is 0.247 e. The molecule has 1 aliphatic rings. The number of rotatable bonds is 4. The first-order valence-electron chi connectivity index (χ1n) is 7.58. The van der Waals surface area contributed by atoms with Gasteiger partial charge in [-0.3, -0.25) is 4.79 Å². The molecule has 6 heteroatoms. The quantitative estimate of drug-likeness (QED) is 0.858. The van der Waals surface area contributed by atoms with Crippen LogP contribution in [-0.4, -0.2) is 27.5 Å². The van der Waals surface area contributed by atoms with Crippen molar-refractivity contribution in [2.45, 2.75) is 38.6 Å². The van der Waals surface area contributed by atoms with Gasteiger partial charge in [0.2, 0.25) is 17.7 Å². The summed E-state index contributed by atoms with van der Waals surface area (Å²) in [6.07, 6.45) is 3.26. The highest BCUT2D eigenvalue weighted by Gasteiger charge is 2.33. The zero-order valence-corrected chi connectivity index (χ0v) is 13.2. The zero-order valence-electron chi connectivity index (χ0n) is 12.5. The van der Waals surface area contributed by atoms with Crippen molar-refractivity contribution in [3.05, 3.63) is 35.2 Å². The molecular formula is C16H18ClN3O2. The van der Waals surface area contributed by atoms with E-state index in [-0.39, 0.29) is 11.9 Å². The fourth-order valence-electron chi connectivity index (χ4n) is 2.76. The maximum Gasteiger partial charge on any atom is 0.247 e. The standard InChI is InChI=1S/C16H18ClN3O2/c1-2-4-14(21)20-10-3-5-13(20)16-19-18-15(22-16)11-6-8-12(17)9-7-11/h6-9,13H,2-5,10H2,1H3. The Morgan fingerprint density at radius 1 is 1.36 bits per heavy atom. The summed E-state index contributed by atoms with van der Waals surface area (Å²) in [6.45, 7) is 2.77. The molecule has 116 valence electrons. The molecule has 1 aliphatic heterocycles. The van der Waals surface area contributed by atoms with Crippen molar-refractivity contribution < 1.29 is 9.21 Å². The highest BCUT2D eigenvalue weighted by Crippen LogP contribution is 2.33. The Hall–Kier alpha value is -1.88. The molecule has 1 aromatic heterocycles. The molecule has 3 rings (SSSR count). The summed E-state index contributed by atoms with van der Waals surface area (Å²) in [7, 11) is 0. The Balaban J connectivity index is 1.80. The first-order chi connectivity index (χ1) is 10.7. The molecule has 0 saturated carbocycles. The second kappa shape index (κ2) is 6.48. The average molecular weight is 320 g/mol. The van der Waals surface area contributed by atoms with Crippen LogP contribution in [0.15, 0.2) is 28.7 Å². The molecule has 5 nitrogen and oxygen atoms in total. The third-order valence-corrected chi connectivity index (χ3v) is 4.11. The Labute approximate surface area is 134 Å². The summed E-state index contributed by atoms with van der Waals surface area (Å²) in [5.74, 6) is 1.14. The van der Waals surface area contributed by atoms with Gasteiger partial charge >= 0.3 is 0 Å². The van der Waals surface area contributed by atoms with E-state index >= 15 is 0 Å². The van der Waals surface area contributed by atoms with Crippen LogP contribution in [-0.2, 0) is 4.79 Å². The fraction of sp³-hybridized carbons (Fsp3) is 0.438. The molecule has 0 radical (unpaired) electrons. The third kappa shape index (κ3) is 2.99. The number of amides is 1. The maximum absolute atomic E-state index is 12.2. The monoisotopic (exact) mass is 319 g/mol. The SMILES string of the molecule is CCCC(=O)N1CCCC1c1nnc(-c2ccc(Cl)cc2)o1. The highest BCUT2D eigenvalue weighted by atomic mass is 35.5. The average Bonchev–Trinajstić information content (AvgIpc) is 3.17. The number of halogens is 1. The van der Waals surface area contributed by atoms with Crippen LogP contribution in [0.4, 0.5) is 0 Å². The lowest BCUT2D eigenvalue weighted by Gasteiger charge is -2.21. The molecule has 0 bridgehead atoms. The number of nitrogens with zero attached hydrogens (tertiary/aromatic N) is 3. The van der Waals surface area contributed by atoms with Crippen molar-refractivity contribution in [2.24, 2.45) is 0 Å². The number of aromatic nitrogens is 2. The van der Waals surface area contributed by atoms with Crippen molar-refractivity contribution in [3.63, 3.8) is 0 Å². The van der Waals surface area contributed by atoms with E-state index in [4.69, 9.17) is 16.0 Å². The minimum Gasteiger partial charge on any atom is -0.418 e. The molecule has 0 spiro atoms. The molecule has 2 heterocycles. The van der Waals surface area contributed by atoms with Crippen LogP contribution in [0.1, 0.15) is 44.5 Å². The summed E-state index contributed by atoms with van der Waals surface area (Å²) in [4.78, 5) is 14.0. The topological polar surface area (TPSA) is 59.2 Å². The lowest BCUT2D eigenvalue weighted by molar-refractivity contribution is -0.132. The largest absolute Gasteiger partial charge is 0.418 e. The van der Waals surface area contributed by atoms with Gasteiger partial charge in [-0.15, -0.1) is 10.2 Å². The third-order valence-electron chi connectivity index (χ3n) is 3.85. The van der Waals surface area contributed by atoms with Crippen molar-refractivity contribution in [1.82, 2.24) is 15.1 Å². The van der Waals surface area contributed by atoms with E-state index in [1.807, 2.05) is 24.0 Å². The van der Waals surface area contributed by atoms with Crippen LogP contribution in [0.3, 0.4) is 0 Å². The van der Waals surface area contributed by atoms with Gasteiger partial charge in [-0.25, -0.2) is 0 Å². The van der Waals surface area contributed by atoms with Gasteiger partial charge in [-0.2, -0.15) is 0 Å². The highest BCUT2D eigenvalue weighted by molar-refractivity contribution is 6.30. The van der Waals surface area contributed by atoms with Gasteiger partial charge in [0.15, 0.2) is 0 Å². The maximum atomic E-state index is 12.2. The van der Waals surface area contributed by atoms with Gasteiger partial charge in [0.05, 0.1) is 0 Å². The summed E-state index contributed by atoms with van der Waals surface area (Å²) in [6, 6.07) is 7.16. The molecule has 0 aliphatic carbocycles. The van der Waals surface area contributed by atoms with Crippen LogP contribution in [0.2, 0.25) is 5.02 Å². The number of hydrogen-bond donors (Lipinski definition) is 0. The van der Waals surface area contributed by atoms with Gasteiger partial charge in [0, 0.05) is 23.6 Å². The molecule has 1 saturated heterocycles. The Morgan fingerprint density at radius 2 is 2.14 bits per heavy atom. The van der Waals surface area contributed by atoms with E-state index in [2.05, 4.69) is 10.2 Å². The second-order valence-electron chi connectivity index (χ2n) is 5.45. The molecule has 1 atom stereocenters. The van der Waals surface area contributed by atoms with Gasteiger partial charge in [0.1, 0.15) is 6.04 Å². The van der Waals surface area contributed by atoms with Crippen LogP contribution in [0.25, 0.3) is 11.5 Å². The number of benzene rings is 1. The first kappa shape index (κ1) is 15.0. The predicted molar refractivity (Wildman–Crippen MR) is 83.3 cm³/mol. The minimum absolute atomic E-state index is 0.0902. The Morgan fingerprint density at radius 3 is 2.86 bits per heavy atom. The summed E-state index contributed by atoms with van der Waals surface area (Å²) in [5.41, 5.74) is 0.826. The van der Waals surface area contributed by atoms with E-state index in [9.17, 15) is 4.79 Å². The van der Waals surface area contributed by atoms with E-state index < -0.39 is 0 Å². The van der Waals surface area contributed by atoms with Crippen molar-refractivity contribution in [3.8, 4) is 11.5 Å². The molecule has 0 N–H and O–H groups in total. The van der Waals surface area contributed by atoms with E-state index in [0.29, 0.717) is 23.2 Å². The van der Waals surface area contributed by atoms with Gasteiger partial charge in [-0.05, 0) is 43.5 Å². The number of carbonyl (C=O) groups excluding carboxylic acids is 1. The minimum atomic E-state index is -0.0902. The summed E-state index contributed by atoms with van der Waals surface area (Å²) >= 11 is 5.88. The van der Waals surface area contributed by atoms with E-state index in [0.717, 1.165) is 31.4 Å². The number of carbonyl (C=O) groups is 1. The normalized spacial score (nSPS) is 17.9. The van der Waals surface area contributed by atoms with Crippen molar-refractivity contribution >= 4 is 17.5 Å². The number of hydrogen-bond acceptors (Lipinski definition) is 4. The van der Waals surface area contributed by atoms with Gasteiger partial charge < -0.3 is 9.32 Å². The van der Waals surface area contributed by atoms with Crippen molar-refractivity contribution in [1.29, 1.82) is 0 Å². The lowest BCUT2D eigenvalue weighted by atomic mass is 10.2. The van der Waals surface area contributed by atoms with Crippen LogP contribution < -0.4 is 0 Å². The van der Waals surface area contributed by atoms with Gasteiger partial charge in [-0.1, -0.05) is 18.5 Å². The summed E-state index contributed by atoms with van der Waals surface area (Å²) < 4.78 is 5.79. The van der Waals surface area contributed by atoms with Gasteiger partial charge in [0.25, 0.3) is 0 Å². The predicted octanol–water partition coefficient (Wildman–Crippen LogP) is 3.85. The molecule has 1 amide bonds. The first-order valence-corrected chi connectivity index (χ1v) is 7.95. The lowest BCUT2D eigenvalue weighted by Crippen LogP contribution is -2.30. The van der Waals surface area contributed by atoms with Crippen LogP contribution >= 0.6 is 11.6 Å². The molecule has 2 aromatic rings. The van der Waals surface area contributed by atoms with E-state index in [1.54, 1.807) is 12.1 Å². The molecule has 1 fully saturated rings. The zero-order chi connectivity index (χ0) is 15.5.